The largest absolute Gasteiger partial charge is 0.425 e. The Labute approximate surface area is 94.0 Å². The molecule has 0 spiro atoms. The maximum Gasteiger partial charge on any atom is 0.286 e. The van der Waals surface area contributed by atoms with Crippen molar-refractivity contribution in [3.05, 3.63) is 0 Å². The van der Waals surface area contributed by atoms with Crippen LogP contribution in [0, 0.1) is 0 Å². The van der Waals surface area contributed by atoms with Crippen molar-refractivity contribution in [3.8, 4) is 0 Å². The first kappa shape index (κ1) is 12.7. The highest BCUT2D eigenvalue weighted by Crippen LogP contribution is 2.02. The van der Waals surface area contributed by atoms with Gasteiger partial charge in [-0.3, -0.25) is 0 Å². The summed E-state index contributed by atoms with van der Waals surface area (Å²) in [5.41, 5.74) is 0. The Morgan fingerprint density at radius 1 is 0.571 bits per heavy atom. The summed E-state index contributed by atoms with van der Waals surface area (Å²) in [6.45, 7) is 2.00. The average molecular weight is 271 g/mol. The van der Waals surface area contributed by atoms with E-state index in [0.29, 0.717) is 0 Å². The van der Waals surface area contributed by atoms with Crippen LogP contribution >= 0.6 is 0 Å². The van der Waals surface area contributed by atoms with Crippen LogP contribution in [0.2, 0.25) is 0 Å². The molecule has 0 N–H and O–H groups in total. The van der Waals surface area contributed by atoms with Crippen LogP contribution in [0.5, 0.6) is 0 Å². The first-order valence-corrected chi connectivity index (χ1v) is 9.51. The molecule has 2 saturated heterocycles. The quantitative estimate of drug-likeness (QED) is 0.447. The van der Waals surface area contributed by atoms with Crippen molar-refractivity contribution in [3.63, 3.8) is 0 Å². The smallest absolute Gasteiger partial charge is 0.286 e. The third-order valence-corrected chi connectivity index (χ3v) is 7.08. The molecule has 2 aliphatic heterocycles. The van der Waals surface area contributed by atoms with Crippen molar-refractivity contribution >= 4 is 40.0 Å². The Morgan fingerprint density at radius 2 is 1.00 bits per heavy atom. The zero-order valence-electron chi connectivity index (χ0n) is 8.41. The highest BCUT2D eigenvalue weighted by Gasteiger charge is 1.97. The molecule has 0 radical (unpaired) electrons. The van der Waals surface area contributed by atoms with Crippen molar-refractivity contribution < 1.29 is 21.2 Å². The Kier molecular flexibility index (Phi) is 9.27. The number of rotatable bonds is 0. The van der Waals surface area contributed by atoms with Crippen LogP contribution in [-0.2, 0) is 21.2 Å². The van der Waals surface area contributed by atoms with Crippen LogP contribution in [0.3, 0.4) is 0 Å². The number of hydrogen-bond donors (Lipinski definition) is 0. The standard InChI is InChI=1S/C5H10O.H8O4Si4/c1-2-4-6-5-3-1;1-5-2-7-4-8-3-6-1/h1-5H2;5-8H2. The molecule has 0 unspecified atom stereocenters. The molecule has 5 nitrogen and oxygen atoms in total. The fourth-order valence-electron chi connectivity index (χ4n) is 1.06. The molecule has 2 aliphatic rings. The van der Waals surface area contributed by atoms with Gasteiger partial charge in [0, 0.05) is 13.2 Å². The summed E-state index contributed by atoms with van der Waals surface area (Å²) in [7, 11) is -2.61. The van der Waals surface area contributed by atoms with Gasteiger partial charge in [-0.05, 0) is 19.3 Å². The molecule has 0 saturated carbocycles. The summed E-state index contributed by atoms with van der Waals surface area (Å²) in [4.78, 5) is 0. The first-order valence-electron chi connectivity index (χ1n) is 4.89. The van der Waals surface area contributed by atoms with Crippen LogP contribution in [0.1, 0.15) is 19.3 Å². The molecule has 0 aromatic heterocycles. The van der Waals surface area contributed by atoms with Gasteiger partial charge in [0.15, 0.2) is 0 Å². The van der Waals surface area contributed by atoms with Gasteiger partial charge in [-0.15, -0.1) is 0 Å². The van der Waals surface area contributed by atoms with Gasteiger partial charge in [0.25, 0.3) is 40.0 Å². The minimum absolute atomic E-state index is 0.653. The normalized spacial score (nSPS) is 30.9. The monoisotopic (exact) mass is 270 g/mol. The number of ether oxygens (including phenoxy) is 1. The lowest BCUT2D eigenvalue weighted by molar-refractivity contribution is 0.0968. The summed E-state index contributed by atoms with van der Waals surface area (Å²) < 4.78 is 25.5. The molecule has 2 rings (SSSR count). The van der Waals surface area contributed by atoms with Crippen molar-refractivity contribution in [2.75, 3.05) is 13.2 Å². The van der Waals surface area contributed by atoms with Gasteiger partial charge in [-0.25, -0.2) is 0 Å². The fraction of sp³-hybridized carbons (Fsp3) is 1.00. The summed E-state index contributed by atoms with van der Waals surface area (Å²) in [5.74, 6) is 0. The molecular weight excluding hydrogens is 252 g/mol. The third-order valence-electron chi connectivity index (χ3n) is 1.74. The van der Waals surface area contributed by atoms with Gasteiger partial charge in [0.1, 0.15) is 0 Å². The molecule has 0 bridgehead atoms. The SMILES string of the molecule is C1CCOCC1.O1[SiH2]O[SiH2]O[SiH2]O[SiH2]1. The van der Waals surface area contributed by atoms with Crippen LogP contribution < -0.4 is 0 Å². The maximum atomic E-state index is 5.10. The lowest BCUT2D eigenvalue weighted by Crippen LogP contribution is -2.23. The van der Waals surface area contributed by atoms with Crippen molar-refractivity contribution in [1.82, 2.24) is 0 Å². The van der Waals surface area contributed by atoms with E-state index in [2.05, 4.69) is 0 Å². The molecule has 0 aliphatic carbocycles. The molecule has 9 heteroatoms. The van der Waals surface area contributed by atoms with Gasteiger partial charge < -0.3 is 21.2 Å². The molecule has 2 heterocycles. The van der Waals surface area contributed by atoms with Gasteiger partial charge in [-0.2, -0.15) is 0 Å². The predicted molar refractivity (Wildman–Crippen MR) is 63.2 cm³/mol. The zero-order valence-corrected chi connectivity index (χ0v) is 14.1. The third kappa shape index (κ3) is 8.02. The minimum Gasteiger partial charge on any atom is -0.425 e. The van der Waals surface area contributed by atoms with E-state index in [1.807, 2.05) is 0 Å². The van der Waals surface area contributed by atoms with E-state index in [1.165, 1.54) is 19.3 Å². The van der Waals surface area contributed by atoms with E-state index in [9.17, 15) is 0 Å². The molecule has 0 amide bonds. The lowest BCUT2D eigenvalue weighted by atomic mass is 10.2. The van der Waals surface area contributed by atoms with Crippen molar-refractivity contribution in [2.45, 2.75) is 19.3 Å². The highest BCUT2D eigenvalue weighted by atomic mass is 28.4. The van der Waals surface area contributed by atoms with Crippen molar-refractivity contribution in [1.29, 1.82) is 0 Å². The topological polar surface area (TPSA) is 46.2 Å². The first-order chi connectivity index (χ1) is 7.00. The molecule has 84 valence electrons. The van der Waals surface area contributed by atoms with Gasteiger partial charge in [0.2, 0.25) is 0 Å². The molecular formula is C5H18O5Si4. The molecule has 0 aromatic rings. The van der Waals surface area contributed by atoms with Crippen LogP contribution in [0.4, 0.5) is 0 Å². The Morgan fingerprint density at radius 3 is 1.21 bits per heavy atom. The van der Waals surface area contributed by atoms with Crippen LogP contribution in [-0.4, -0.2) is 53.2 Å². The molecule has 0 aromatic carbocycles. The van der Waals surface area contributed by atoms with E-state index in [4.69, 9.17) is 21.2 Å². The molecule has 14 heavy (non-hydrogen) atoms. The average Bonchev–Trinajstić information content (AvgIpc) is 2.20. The molecule has 0 atom stereocenters. The summed E-state index contributed by atoms with van der Waals surface area (Å²) in [5, 5.41) is 0. The minimum atomic E-state index is -0.653. The second-order valence-electron chi connectivity index (χ2n) is 2.96. The fourth-order valence-corrected chi connectivity index (χ4v) is 8.28. The van der Waals surface area contributed by atoms with Gasteiger partial charge in [-0.1, -0.05) is 0 Å². The van der Waals surface area contributed by atoms with E-state index in [0.717, 1.165) is 13.2 Å². The van der Waals surface area contributed by atoms with E-state index in [1.54, 1.807) is 0 Å². The summed E-state index contributed by atoms with van der Waals surface area (Å²) in [6, 6.07) is 0. The van der Waals surface area contributed by atoms with Gasteiger partial charge >= 0.3 is 0 Å². The highest BCUT2D eigenvalue weighted by molar-refractivity contribution is 6.50. The van der Waals surface area contributed by atoms with Gasteiger partial charge in [0.05, 0.1) is 0 Å². The predicted octanol–water partition coefficient (Wildman–Crippen LogP) is -2.75. The zero-order chi connectivity index (χ0) is 9.90. The summed E-state index contributed by atoms with van der Waals surface area (Å²) >= 11 is 0. The Balaban J connectivity index is 0.000000146. The van der Waals surface area contributed by atoms with E-state index >= 15 is 0 Å². The van der Waals surface area contributed by atoms with E-state index in [-0.39, 0.29) is 0 Å². The molecule has 2 fully saturated rings. The second kappa shape index (κ2) is 10.2. The van der Waals surface area contributed by atoms with Crippen LogP contribution in [0.15, 0.2) is 0 Å². The second-order valence-corrected chi connectivity index (χ2v) is 10.4. The Bertz CT molecular complexity index is 89.2. The lowest BCUT2D eigenvalue weighted by Gasteiger charge is -2.10. The Hall–Kier alpha value is 0.668. The van der Waals surface area contributed by atoms with E-state index < -0.39 is 40.0 Å². The number of hydrogen-bond acceptors (Lipinski definition) is 5. The maximum absolute atomic E-state index is 5.10. The van der Waals surface area contributed by atoms with Crippen LogP contribution in [0.25, 0.3) is 0 Å². The van der Waals surface area contributed by atoms with Crippen molar-refractivity contribution in [2.24, 2.45) is 0 Å². The summed E-state index contributed by atoms with van der Waals surface area (Å²) in [6.07, 6.45) is 3.93.